The minimum absolute atomic E-state index is 0.572. The van der Waals surface area contributed by atoms with E-state index in [-0.39, 0.29) is 0 Å². The third kappa shape index (κ3) is 2.40. The molecule has 0 fully saturated rings. The molecule has 2 aromatic rings. The van der Waals surface area contributed by atoms with E-state index in [1.807, 2.05) is 24.1 Å². The lowest BCUT2D eigenvalue weighted by atomic mass is 10.1. The first-order chi connectivity index (χ1) is 8.20. The lowest BCUT2D eigenvalue weighted by Crippen LogP contribution is -2.17. The number of rotatable bonds is 3. The highest BCUT2D eigenvalue weighted by atomic mass is 16.3. The molecule has 0 aliphatic heterocycles. The largest absolute Gasteiger partial charge is 0.472 e. The number of furan rings is 1. The highest BCUT2D eigenvalue weighted by Crippen LogP contribution is 2.24. The van der Waals surface area contributed by atoms with Crippen LogP contribution in [0.25, 0.3) is 0 Å². The highest BCUT2D eigenvalue weighted by molar-refractivity contribution is 5.69. The molecule has 1 aromatic heterocycles. The fourth-order valence-electron chi connectivity index (χ4n) is 1.71. The van der Waals surface area contributed by atoms with Crippen LogP contribution < -0.4 is 10.6 Å². The van der Waals surface area contributed by atoms with Crippen molar-refractivity contribution in [2.24, 2.45) is 0 Å². The third-order valence-electron chi connectivity index (χ3n) is 2.57. The SMILES string of the molecule is CN(Cc1ccoc1)c1ccc(C#N)cc1N. The summed E-state index contributed by atoms with van der Waals surface area (Å²) in [7, 11) is 1.95. The molecule has 0 bridgehead atoms. The van der Waals surface area contributed by atoms with Gasteiger partial charge in [-0.25, -0.2) is 0 Å². The van der Waals surface area contributed by atoms with Crippen LogP contribution in [0.3, 0.4) is 0 Å². The molecule has 0 saturated heterocycles. The van der Waals surface area contributed by atoms with Gasteiger partial charge < -0.3 is 15.1 Å². The quantitative estimate of drug-likeness (QED) is 0.817. The molecule has 1 aromatic carbocycles. The lowest BCUT2D eigenvalue weighted by molar-refractivity contribution is 0.563. The van der Waals surface area contributed by atoms with Gasteiger partial charge in [0.1, 0.15) is 0 Å². The number of nitrogen functional groups attached to an aromatic ring is 1. The Labute approximate surface area is 99.9 Å². The van der Waals surface area contributed by atoms with E-state index in [2.05, 4.69) is 6.07 Å². The van der Waals surface area contributed by atoms with Crippen LogP contribution in [0.15, 0.2) is 41.2 Å². The van der Waals surface area contributed by atoms with Crippen molar-refractivity contribution in [3.05, 3.63) is 47.9 Å². The summed E-state index contributed by atoms with van der Waals surface area (Å²) >= 11 is 0. The Morgan fingerprint density at radius 3 is 2.82 bits per heavy atom. The number of anilines is 2. The van der Waals surface area contributed by atoms with Crippen molar-refractivity contribution in [3.63, 3.8) is 0 Å². The number of hydrogen-bond donors (Lipinski definition) is 1. The Balaban J connectivity index is 2.20. The van der Waals surface area contributed by atoms with Crippen LogP contribution in [0.2, 0.25) is 0 Å². The van der Waals surface area contributed by atoms with Gasteiger partial charge in [0.2, 0.25) is 0 Å². The molecule has 0 radical (unpaired) electrons. The maximum absolute atomic E-state index is 8.77. The molecular formula is C13H13N3O. The predicted octanol–water partition coefficient (Wildman–Crippen LogP) is 2.37. The van der Waals surface area contributed by atoms with E-state index in [1.165, 1.54) is 0 Å². The van der Waals surface area contributed by atoms with Crippen molar-refractivity contribution in [2.75, 3.05) is 17.7 Å². The minimum atomic E-state index is 0.572. The van der Waals surface area contributed by atoms with E-state index in [4.69, 9.17) is 15.4 Å². The molecule has 0 unspecified atom stereocenters. The summed E-state index contributed by atoms with van der Waals surface area (Å²) in [5, 5.41) is 8.77. The second-order valence-electron chi connectivity index (χ2n) is 3.87. The van der Waals surface area contributed by atoms with Crippen molar-refractivity contribution >= 4 is 11.4 Å². The van der Waals surface area contributed by atoms with Gasteiger partial charge in [0, 0.05) is 19.2 Å². The van der Waals surface area contributed by atoms with Crippen LogP contribution in [0.4, 0.5) is 11.4 Å². The molecule has 86 valence electrons. The molecule has 2 N–H and O–H groups in total. The lowest BCUT2D eigenvalue weighted by Gasteiger charge is -2.20. The molecule has 2 rings (SSSR count). The molecule has 17 heavy (non-hydrogen) atoms. The van der Waals surface area contributed by atoms with Crippen molar-refractivity contribution in [1.82, 2.24) is 0 Å². The van der Waals surface area contributed by atoms with E-state index < -0.39 is 0 Å². The molecule has 0 atom stereocenters. The molecule has 0 aliphatic rings. The maximum Gasteiger partial charge on any atom is 0.0992 e. The van der Waals surface area contributed by atoms with Gasteiger partial charge in [0.25, 0.3) is 0 Å². The van der Waals surface area contributed by atoms with Gasteiger partial charge in [0.05, 0.1) is 35.5 Å². The molecule has 4 heteroatoms. The zero-order chi connectivity index (χ0) is 12.3. The summed E-state index contributed by atoms with van der Waals surface area (Å²) in [6.07, 6.45) is 3.35. The van der Waals surface area contributed by atoms with E-state index in [9.17, 15) is 0 Å². The Kier molecular flexibility index (Phi) is 3.01. The molecule has 0 saturated carbocycles. The van der Waals surface area contributed by atoms with Gasteiger partial charge in [-0.3, -0.25) is 0 Å². The molecular weight excluding hydrogens is 214 g/mol. The first-order valence-corrected chi connectivity index (χ1v) is 5.22. The van der Waals surface area contributed by atoms with Gasteiger partial charge in [0.15, 0.2) is 0 Å². The number of nitrogens with zero attached hydrogens (tertiary/aromatic N) is 2. The smallest absolute Gasteiger partial charge is 0.0992 e. The average Bonchev–Trinajstić information content (AvgIpc) is 2.81. The number of hydrogen-bond acceptors (Lipinski definition) is 4. The van der Waals surface area contributed by atoms with E-state index >= 15 is 0 Å². The number of benzene rings is 1. The minimum Gasteiger partial charge on any atom is -0.472 e. The summed E-state index contributed by atoms with van der Waals surface area (Å²) < 4.78 is 5.02. The second kappa shape index (κ2) is 4.62. The Morgan fingerprint density at radius 2 is 2.24 bits per heavy atom. The van der Waals surface area contributed by atoms with Gasteiger partial charge in [-0.05, 0) is 24.3 Å². The molecule has 4 nitrogen and oxygen atoms in total. The van der Waals surface area contributed by atoms with Crippen LogP contribution in [-0.2, 0) is 6.54 Å². The van der Waals surface area contributed by atoms with Crippen molar-refractivity contribution in [3.8, 4) is 6.07 Å². The number of nitrogens with two attached hydrogens (primary N) is 1. The fraction of sp³-hybridized carbons (Fsp3) is 0.154. The first kappa shape index (κ1) is 11.1. The Bertz CT molecular complexity index is 540. The van der Waals surface area contributed by atoms with Gasteiger partial charge in [-0.2, -0.15) is 5.26 Å². The Hall–Kier alpha value is -2.41. The van der Waals surface area contributed by atoms with E-state index in [0.717, 1.165) is 11.3 Å². The summed E-state index contributed by atoms with van der Waals surface area (Å²) in [5.74, 6) is 0. The predicted molar refractivity (Wildman–Crippen MR) is 66.4 cm³/mol. The maximum atomic E-state index is 8.77. The van der Waals surface area contributed by atoms with Gasteiger partial charge in [-0.15, -0.1) is 0 Å². The normalized spacial score (nSPS) is 9.88. The zero-order valence-electron chi connectivity index (χ0n) is 9.55. The molecule has 0 amide bonds. The van der Waals surface area contributed by atoms with Gasteiger partial charge >= 0.3 is 0 Å². The Morgan fingerprint density at radius 1 is 1.41 bits per heavy atom. The highest BCUT2D eigenvalue weighted by Gasteiger charge is 2.07. The van der Waals surface area contributed by atoms with Crippen LogP contribution >= 0.6 is 0 Å². The van der Waals surface area contributed by atoms with Crippen LogP contribution in [-0.4, -0.2) is 7.05 Å². The van der Waals surface area contributed by atoms with Crippen molar-refractivity contribution in [1.29, 1.82) is 5.26 Å². The van der Waals surface area contributed by atoms with E-state index in [1.54, 1.807) is 24.7 Å². The summed E-state index contributed by atoms with van der Waals surface area (Å²) in [6, 6.07) is 9.28. The summed E-state index contributed by atoms with van der Waals surface area (Å²) in [4.78, 5) is 2.02. The monoisotopic (exact) mass is 227 g/mol. The van der Waals surface area contributed by atoms with E-state index in [0.29, 0.717) is 17.8 Å². The van der Waals surface area contributed by atoms with Crippen LogP contribution in [0, 0.1) is 11.3 Å². The summed E-state index contributed by atoms with van der Waals surface area (Å²) in [5.41, 5.74) is 9.08. The third-order valence-corrected chi connectivity index (χ3v) is 2.57. The zero-order valence-corrected chi connectivity index (χ0v) is 9.55. The van der Waals surface area contributed by atoms with Gasteiger partial charge in [-0.1, -0.05) is 0 Å². The number of nitriles is 1. The van der Waals surface area contributed by atoms with Crippen molar-refractivity contribution in [2.45, 2.75) is 6.54 Å². The first-order valence-electron chi connectivity index (χ1n) is 5.22. The van der Waals surface area contributed by atoms with Crippen molar-refractivity contribution < 1.29 is 4.42 Å². The second-order valence-corrected chi connectivity index (χ2v) is 3.87. The standard InChI is InChI=1S/C13H13N3O/c1-16(8-11-4-5-17-9-11)13-3-2-10(7-14)6-12(13)15/h2-6,9H,8,15H2,1H3. The summed E-state index contributed by atoms with van der Waals surface area (Å²) in [6.45, 7) is 0.715. The molecule has 0 spiro atoms. The van der Waals surface area contributed by atoms with Crippen LogP contribution in [0.1, 0.15) is 11.1 Å². The van der Waals surface area contributed by atoms with Crippen LogP contribution in [0.5, 0.6) is 0 Å². The fourth-order valence-corrected chi connectivity index (χ4v) is 1.71. The average molecular weight is 227 g/mol. The molecule has 0 aliphatic carbocycles. The topological polar surface area (TPSA) is 66.2 Å². The molecule has 1 heterocycles.